The first-order chi connectivity index (χ1) is 6.48. The number of nitrogens with two attached hydrogens (primary N) is 1. The molecule has 2 rings (SSSR count). The molecule has 1 aliphatic rings. The number of carbonyl (C=O) groups is 1. The Morgan fingerprint density at radius 3 is 2.71 bits per heavy atom. The minimum absolute atomic E-state index is 0.00505. The summed E-state index contributed by atoms with van der Waals surface area (Å²) in [5, 5.41) is 4.93. The van der Waals surface area contributed by atoms with Crippen LogP contribution in [0.15, 0.2) is 23.1 Å². The van der Waals surface area contributed by atoms with Gasteiger partial charge in [0.15, 0.2) is 0 Å². The van der Waals surface area contributed by atoms with Crippen LogP contribution in [-0.4, -0.2) is 14.4 Å². The molecule has 6 heteroatoms. The van der Waals surface area contributed by atoms with Crippen molar-refractivity contribution >= 4 is 16.0 Å². The summed E-state index contributed by atoms with van der Waals surface area (Å²) in [6.45, 7) is 0.109. The first-order valence-corrected chi connectivity index (χ1v) is 5.36. The standard InChI is InChI=1S/C8H7NO4S/c9-14(11,12)6-1-2-7-5(3-6)4-13-8(7)10/h1-3H,4H2,(H2,9,11,12). The summed E-state index contributed by atoms with van der Waals surface area (Å²) in [4.78, 5) is 11.0. The van der Waals surface area contributed by atoms with E-state index in [0.717, 1.165) is 0 Å². The van der Waals surface area contributed by atoms with Gasteiger partial charge in [0.2, 0.25) is 10.0 Å². The van der Waals surface area contributed by atoms with Crippen molar-refractivity contribution in [1.29, 1.82) is 0 Å². The Morgan fingerprint density at radius 1 is 1.36 bits per heavy atom. The molecule has 0 spiro atoms. The van der Waals surface area contributed by atoms with Gasteiger partial charge in [-0.3, -0.25) is 0 Å². The van der Waals surface area contributed by atoms with Gasteiger partial charge in [-0.2, -0.15) is 0 Å². The van der Waals surface area contributed by atoms with E-state index in [4.69, 9.17) is 9.88 Å². The highest BCUT2D eigenvalue weighted by atomic mass is 32.2. The SMILES string of the molecule is NS(=O)(=O)c1ccc2c(c1)COC2=O. The Labute approximate surface area is 80.5 Å². The van der Waals surface area contributed by atoms with Crippen molar-refractivity contribution in [3.8, 4) is 0 Å². The third kappa shape index (κ3) is 1.38. The molecule has 0 saturated carbocycles. The maximum atomic E-state index is 11.0. The van der Waals surface area contributed by atoms with Gasteiger partial charge in [-0.05, 0) is 18.2 Å². The molecule has 0 aromatic heterocycles. The summed E-state index contributed by atoms with van der Waals surface area (Å²) in [7, 11) is -3.71. The summed E-state index contributed by atoms with van der Waals surface area (Å²) in [5.74, 6) is -0.430. The van der Waals surface area contributed by atoms with Crippen LogP contribution in [0.4, 0.5) is 0 Å². The Morgan fingerprint density at radius 2 is 2.07 bits per heavy atom. The molecule has 0 aliphatic carbocycles. The number of fused-ring (bicyclic) bond motifs is 1. The largest absolute Gasteiger partial charge is 0.457 e. The second-order valence-corrected chi connectivity index (χ2v) is 4.50. The van der Waals surface area contributed by atoms with E-state index in [1.807, 2.05) is 0 Å². The lowest BCUT2D eigenvalue weighted by atomic mass is 10.1. The lowest BCUT2D eigenvalue weighted by Crippen LogP contribution is -2.12. The van der Waals surface area contributed by atoms with Crippen molar-refractivity contribution < 1.29 is 17.9 Å². The van der Waals surface area contributed by atoms with Gasteiger partial charge >= 0.3 is 5.97 Å². The topological polar surface area (TPSA) is 86.5 Å². The quantitative estimate of drug-likeness (QED) is 0.665. The van der Waals surface area contributed by atoms with Gasteiger partial charge in [0.1, 0.15) is 6.61 Å². The fourth-order valence-corrected chi connectivity index (χ4v) is 1.85. The molecule has 5 nitrogen and oxygen atoms in total. The molecule has 1 heterocycles. The molecule has 74 valence electrons. The van der Waals surface area contributed by atoms with Crippen molar-refractivity contribution in [1.82, 2.24) is 0 Å². The van der Waals surface area contributed by atoms with Crippen LogP contribution in [0.5, 0.6) is 0 Å². The molecule has 0 unspecified atom stereocenters. The average molecular weight is 213 g/mol. The first-order valence-electron chi connectivity index (χ1n) is 3.81. The number of hydrogen-bond acceptors (Lipinski definition) is 4. The minimum atomic E-state index is -3.71. The van der Waals surface area contributed by atoms with Gasteiger partial charge in [0, 0.05) is 5.56 Å². The monoisotopic (exact) mass is 213 g/mol. The van der Waals surface area contributed by atoms with Crippen LogP contribution in [-0.2, 0) is 21.4 Å². The van der Waals surface area contributed by atoms with Crippen LogP contribution in [0.2, 0.25) is 0 Å². The van der Waals surface area contributed by atoms with Crippen molar-refractivity contribution in [2.75, 3.05) is 0 Å². The van der Waals surface area contributed by atoms with Crippen LogP contribution in [0, 0.1) is 0 Å². The Hall–Kier alpha value is -1.40. The number of sulfonamides is 1. The van der Waals surface area contributed by atoms with Crippen molar-refractivity contribution in [3.63, 3.8) is 0 Å². The third-order valence-electron chi connectivity index (χ3n) is 1.98. The molecule has 0 atom stereocenters. The van der Waals surface area contributed by atoms with Gasteiger partial charge in [0.05, 0.1) is 10.5 Å². The highest BCUT2D eigenvalue weighted by Gasteiger charge is 2.22. The number of hydrogen-bond donors (Lipinski definition) is 1. The van der Waals surface area contributed by atoms with Gasteiger partial charge in [-0.1, -0.05) is 0 Å². The van der Waals surface area contributed by atoms with Gasteiger partial charge in [0.25, 0.3) is 0 Å². The summed E-state index contributed by atoms with van der Waals surface area (Å²) < 4.78 is 26.6. The van der Waals surface area contributed by atoms with E-state index in [-0.39, 0.29) is 11.5 Å². The zero-order valence-electron chi connectivity index (χ0n) is 7.06. The smallest absolute Gasteiger partial charge is 0.338 e. The number of esters is 1. The number of benzene rings is 1. The second-order valence-electron chi connectivity index (χ2n) is 2.94. The molecular weight excluding hydrogens is 206 g/mol. The van der Waals surface area contributed by atoms with Crippen LogP contribution in [0.1, 0.15) is 15.9 Å². The average Bonchev–Trinajstić information content (AvgIpc) is 2.46. The second kappa shape index (κ2) is 2.79. The Bertz CT molecular complexity index is 506. The van der Waals surface area contributed by atoms with Crippen molar-refractivity contribution in [3.05, 3.63) is 29.3 Å². The predicted molar refractivity (Wildman–Crippen MR) is 46.9 cm³/mol. The van der Waals surface area contributed by atoms with Crippen molar-refractivity contribution in [2.45, 2.75) is 11.5 Å². The van der Waals surface area contributed by atoms with E-state index in [1.54, 1.807) is 0 Å². The molecule has 1 aliphatic heterocycles. The molecule has 0 saturated heterocycles. The molecule has 1 aromatic rings. The summed E-state index contributed by atoms with van der Waals surface area (Å²) >= 11 is 0. The lowest BCUT2D eigenvalue weighted by molar-refractivity contribution is 0.0535. The maximum absolute atomic E-state index is 11.0. The summed E-state index contributed by atoms with van der Waals surface area (Å²) in [6, 6.07) is 4.06. The molecule has 0 fully saturated rings. The molecule has 0 amide bonds. The fraction of sp³-hybridized carbons (Fsp3) is 0.125. The molecule has 1 aromatic carbocycles. The highest BCUT2D eigenvalue weighted by Crippen LogP contribution is 2.22. The van der Waals surface area contributed by atoms with Crippen molar-refractivity contribution in [2.24, 2.45) is 5.14 Å². The highest BCUT2D eigenvalue weighted by molar-refractivity contribution is 7.89. The lowest BCUT2D eigenvalue weighted by Gasteiger charge is -1.98. The van der Waals surface area contributed by atoms with Crippen LogP contribution in [0.25, 0.3) is 0 Å². The number of rotatable bonds is 1. The van der Waals surface area contributed by atoms with Crippen LogP contribution >= 0.6 is 0 Å². The van der Waals surface area contributed by atoms with Gasteiger partial charge < -0.3 is 4.74 Å². The zero-order chi connectivity index (χ0) is 10.3. The van der Waals surface area contributed by atoms with E-state index in [9.17, 15) is 13.2 Å². The van der Waals surface area contributed by atoms with Gasteiger partial charge in [-0.25, -0.2) is 18.4 Å². The molecule has 0 bridgehead atoms. The van der Waals surface area contributed by atoms with Gasteiger partial charge in [-0.15, -0.1) is 0 Å². The van der Waals surface area contributed by atoms with E-state index in [2.05, 4.69) is 0 Å². The van der Waals surface area contributed by atoms with Crippen LogP contribution < -0.4 is 5.14 Å². The summed E-state index contributed by atoms with van der Waals surface area (Å²) in [6.07, 6.45) is 0. The number of cyclic esters (lactones) is 1. The maximum Gasteiger partial charge on any atom is 0.338 e. The zero-order valence-corrected chi connectivity index (χ0v) is 7.87. The van der Waals surface area contributed by atoms with E-state index in [1.165, 1.54) is 18.2 Å². The van der Waals surface area contributed by atoms with E-state index in [0.29, 0.717) is 11.1 Å². The molecule has 14 heavy (non-hydrogen) atoms. The number of ether oxygens (including phenoxy) is 1. The number of carbonyl (C=O) groups excluding carboxylic acids is 1. The Balaban J connectivity index is 2.58. The number of primary sulfonamides is 1. The Kier molecular flexibility index (Phi) is 1.83. The van der Waals surface area contributed by atoms with E-state index < -0.39 is 16.0 Å². The first kappa shape index (κ1) is 9.17. The summed E-state index contributed by atoms with van der Waals surface area (Å²) in [5.41, 5.74) is 0.957. The third-order valence-corrected chi connectivity index (χ3v) is 2.89. The van der Waals surface area contributed by atoms with E-state index >= 15 is 0 Å². The molecule has 2 N–H and O–H groups in total. The normalized spacial score (nSPS) is 15.1. The fourth-order valence-electron chi connectivity index (χ4n) is 1.29. The minimum Gasteiger partial charge on any atom is -0.457 e. The molecule has 0 radical (unpaired) electrons. The predicted octanol–water partition coefficient (Wildman–Crippen LogP) is 0.00440. The van der Waals surface area contributed by atoms with Crippen LogP contribution in [0.3, 0.4) is 0 Å². The molecular formula is C8H7NO4S.